The van der Waals surface area contributed by atoms with Crippen LogP contribution in [0.5, 0.6) is 0 Å². The standard InChI is InChI=1S/C13H19F2NO/c1-9(16-8-13(2,3)17-4)10-5-11(14)7-12(15)6-10/h5-7,9,16H,8H2,1-4H3. The topological polar surface area (TPSA) is 21.3 Å². The van der Waals surface area contributed by atoms with Crippen LogP contribution < -0.4 is 5.32 Å². The zero-order valence-corrected chi connectivity index (χ0v) is 10.7. The maximum Gasteiger partial charge on any atom is 0.126 e. The molecular formula is C13H19F2NO. The molecule has 1 unspecified atom stereocenters. The van der Waals surface area contributed by atoms with Crippen LogP contribution >= 0.6 is 0 Å². The summed E-state index contributed by atoms with van der Waals surface area (Å²) in [7, 11) is 1.63. The fraction of sp³-hybridized carbons (Fsp3) is 0.538. The molecular weight excluding hydrogens is 224 g/mol. The first kappa shape index (κ1) is 14.1. The number of ether oxygens (including phenoxy) is 1. The molecule has 4 heteroatoms. The summed E-state index contributed by atoms with van der Waals surface area (Å²) in [5.74, 6) is -1.11. The average Bonchev–Trinajstić information content (AvgIpc) is 2.24. The molecule has 1 rings (SSSR count). The van der Waals surface area contributed by atoms with Crippen molar-refractivity contribution in [3.63, 3.8) is 0 Å². The maximum atomic E-state index is 13.0. The molecule has 0 aliphatic rings. The number of rotatable bonds is 5. The molecule has 0 fully saturated rings. The molecule has 96 valence electrons. The minimum atomic E-state index is -0.556. The molecule has 0 radical (unpaired) electrons. The van der Waals surface area contributed by atoms with Crippen LogP contribution in [0.2, 0.25) is 0 Å². The first-order valence-electron chi connectivity index (χ1n) is 5.58. The van der Waals surface area contributed by atoms with Crippen molar-refractivity contribution in [1.82, 2.24) is 5.32 Å². The van der Waals surface area contributed by atoms with Crippen LogP contribution in [0.25, 0.3) is 0 Å². The molecule has 2 nitrogen and oxygen atoms in total. The summed E-state index contributed by atoms with van der Waals surface area (Å²) in [5, 5.41) is 3.19. The number of hydrogen-bond acceptors (Lipinski definition) is 2. The third kappa shape index (κ3) is 4.40. The number of benzene rings is 1. The lowest BCUT2D eigenvalue weighted by Gasteiger charge is -2.26. The Morgan fingerprint density at radius 3 is 2.24 bits per heavy atom. The molecule has 0 heterocycles. The second-order valence-electron chi connectivity index (χ2n) is 4.77. The minimum absolute atomic E-state index is 0.130. The van der Waals surface area contributed by atoms with Crippen molar-refractivity contribution in [3.05, 3.63) is 35.4 Å². The maximum absolute atomic E-state index is 13.0. The Kier molecular flexibility index (Phi) is 4.60. The predicted molar refractivity (Wildman–Crippen MR) is 63.9 cm³/mol. The quantitative estimate of drug-likeness (QED) is 0.858. The summed E-state index contributed by atoms with van der Waals surface area (Å²) < 4.78 is 31.3. The first-order chi connectivity index (χ1) is 7.84. The first-order valence-corrected chi connectivity index (χ1v) is 5.58. The van der Waals surface area contributed by atoms with E-state index >= 15 is 0 Å². The van der Waals surface area contributed by atoms with Crippen LogP contribution in [0.3, 0.4) is 0 Å². The lowest BCUT2D eigenvalue weighted by Crippen LogP contribution is -2.37. The summed E-state index contributed by atoms with van der Waals surface area (Å²) in [6.07, 6.45) is 0. The molecule has 17 heavy (non-hydrogen) atoms. The SMILES string of the molecule is COC(C)(C)CNC(C)c1cc(F)cc(F)c1. The number of nitrogens with one attached hydrogen (secondary N) is 1. The van der Waals surface area contributed by atoms with E-state index in [1.54, 1.807) is 7.11 Å². The molecule has 0 saturated heterocycles. The fourth-order valence-corrected chi connectivity index (χ4v) is 1.41. The van der Waals surface area contributed by atoms with Gasteiger partial charge in [0.1, 0.15) is 11.6 Å². The van der Waals surface area contributed by atoms with Gasteiger partial charge in [0.05, 0.1) is 5.60 Å². The molecule has 0 saturated carbocycles. The van der Waals surface area contributed by atoms with E-state index in [-0.39, 0.29) is 11.6 Å². The molecule has 1 N–H and O–H groups in total. The third-order valence-corrected chi connectivity index (χ3v) is 2.77. The Labute approximate surface area is 101 Å². The van der Waals surface area contributed by atoms with E-state index in [9.17, 15) is 8.78 Å². The number of methoxy groups -OCH3 is 1. The highest BCUT2D eigenvalue weighted by molar-refractivity contribution is 5.20. The van der Waals surface area contributed by atoms with Crippen LogP contribution in [0.15, 0.2) is 18.2 Å². The Hall–Kier alpha value is -1.00. The Bertz CT molecular complexity index is 359. The number of halogens is 2. The summed E-state index contributed by atoms with van der Waals surface area (Å²) in [4.78, 5) is 0. The predicted octanol–water partition coefficient (Wildman–Crippen LogP) is 3.04. The molecule has 1 atom stereocenters. The molecule has 0 aromatic heterocycles. The van der Waals surface area contributed by atoms with Gasteiger partial charge in [0.25, 0.3) is 0 Å². The lowest BCUT2D eigenvalue weighted by molar-refractivity contribution is 0.0214. The van der Waals surface area contributed by atoms with Crippen molar-refractivity contribution in [3.8, 4) is 0 Å². The van der Waals surface area contributed by atoms with Crippen LogP contribution in [-0.2, 0) is 4.74 Å². The molecule has 1 aromatic carbocycles. The van der Waals surface area contributed by atoms with E-state index in [1.165, 1.54) is 12.1 Å². The Morgan fingerprint density at radius 2 is 1.76 bits per heavy atom. The van der Waals surface area contributed by atoms with Crippen molar-refractivity contribution in [2.45, 2.75) is 32.4 Å². The largest absolute Gasteiger partial charge is 0.377 e. The highest BCUT2D eigenvalue weighted by Crippen LogP contribution is 2.17. The van der Waals surface area contributed by atoms with E-state index in [4.69, 9.17) is 4.74 Å². The van der Waals surface area contributed by atoms with Crippen LogP contribution in [-0.4, -0.2) is 19.3 Å². The van der Waals surface area contributed by atoms with Gasteiger partial charge in [-0.2, -0.15) is 0 Å². The van der Waals surface area contributed by atoms with Crippen molar-refractivity contribution in [2.24, 2.45) is 0 Å². The van der Waals surface area contributed by atoms with Gasteiger partial charge in [-0.15, -0.1) is 0 Å². The van der Waals surface area contributed by atoms with Gasteiger partial charge in [0.15, 0.2) is 0 Å². The van der Waals surface area contributed by atoms with Crippen molar-refractivity contribution in [1.29, 1.82) is 0 Å². The van der Waals surface area contributed by atoms with Gasteiger partial charge in [-0.3, -0.25) is 0 Å². The normalized spacial score (nSPS) is 13.8. The highest BCUT2D eigenvalue weighted by Gasteiger charge is 2.18. The summed E-state index contributed by atoms with van der Waals surface area (Å²) in [6, 6.07) is 3.41. The Balaban J connectivity index is 2.67. The van der Waals surface area contributed by atoms with E-state index in [2.05, 4.69) is 5.32 Å². The van der Waals surface area contributed by atoms with E-state index in [0.717, 1.165) is 6.07 Å². The third-order valence-electron chi connectivity index (χ3n) is 2.77. The van der Waals surface area contributed by atoms with Crippen LogP contribution in [0.4, 0.5) is 8.78 Å². The molecule has 0 aliphatic heterocycles. The van der Waals surface area contributed by atoms with Gasteiger partial charge < -0.3 is 10.1 Å². The smallest absolute Gasteiger partial charge is 0.126 e. The number of hydrogen-bond donors (Lipinski definition) is 1. The zero-order chi connectivity index (χ0) is 13.1. The van der Waals surface area contributed by atoms with Gasteiger partial charge in [0.2, 0.25) is 0 Å². The van der Waals surface area contributed by atoms with E-state index < -0.39 is 11.6 Å². The van der Waals surface area contributed by atoms with E-state index in [0.29, 0.717) is 12.1 Å². The van der Waals surface area contributed by atoms with Crippen molar-refractivity contribution < 1.29 is 13.5 Å². The van der Waals surface area contributed by atoms with Gasteiger partial charge in [-0.1, -0.05) is 0 Å². The molecule has 0 spiro atoms. The van der Waals surface area contributed by atoms with Gasteiger partial charge in [-0.05, 0) is 38.5 Å². The van der Waals surface area contributed by atoms with Gasteiger partial charge >= 0.3 is 0 Å². The molecule has 0 aliphatic carbocycles. The Morgan fingerprint density at radius 1 is 1.24 bits per heavy atom. The van der Waals surface area contributed by atoms with Crippen LogP contribution in [0.1, 0.15) is 32.4 Å². The summed E-state index contributed by atoms with van der Waals surface area (Å²) in [6.45, 7) is 6.35. The molecule has 0 amide bonds. The van der Waals surface area contributed by atoms with Crippen molar-refractivity contribution in [2.75, 3.05) is 13.7 Å². The van der Waals surface area contributed by atoms with Gasteiger partial charge in [0, 0.05) is 25.8 Å². The zero-order valence-electron chi connectivity index (χ0n) is 10.7. The van der Waals surface area contributed by atoms with Crippen LogP contribution in [0, 0.1) is 11.6 Å². The highest BCUT2D eigenvalue weighted by atomic mass is 19.1. The van der Waals surface area contributed by atoms with Gasteiger partial charge in [-0.25, -0.2) is 8.78 Å². The monoisotopic (exact) mass is 243 g/mol. The second-order valence-corrected chi connectivity index (χ2v) is 4.77. The molecule has 0 bridgehead atoms. The summed E-state index contributed by atoms with van der Waals surface area (Å²) in [5.41, 5.74) is 0.287. The lowest BCUT2D eigenvalue weighted by atomic mass is 10.1. The molecule has 1 aromatic rings. The average molecular weight is 243 g/mol. The summed E-state index contributed by atoms with van der Waals surface area (Å²) >= 11 is 0. The van der Waals surface area contributed by atoms with Crippen molar-refractivity contribution >= 4 is 0 Å². The van der Waals surface area contributed by atoms with E-state index in [1.807, 2.05) is 20.8 Å². The minimum Gasteiger partial charge on any atom is -0.377 e. The fourth-order valence-electron chi connectivity index (χ4n) is 1.41. The second kappa shape index (κ2) is 5.56.